The fourth-order valence-electron chi connectivity index (χ4n) is 1.82. The summed E-state index contributed by atoms with van der Waals surface area (Å²) >= 11 is 0. The van der Waals surface area contributed by atoms with E-state index in [0.29, 0.717) is 18.0 Å². The summed E-state index contributed by atoms with van der Waals surface area (Å²) in [6, 6.07) is 8.76. The minimum absolute atomic E-state index is 0.0934. The highest BCUT2D eigenvalue weighted by atomic mass is 19.1. The predicted molar refractivity (Wildman–Crippen MR) is 78.7 cm³/mol. The molecule has 0 aliphatic rings. The normalized spacial score (nSPS) is 10.2. The van der Waals surface area contributed by atoms with Crippen molar-refractivity contribution in [2.45, 2.75) is 6.92 Å². The first-order valence-electron chi connectivity index (χ1n) is 6.33. The Balaban J connectivity index is 2.22. The molecule has 2 rings (SSSR count). The summed E-state index contributed by atoms with van der Waals surface area (Å²) < 4.78 is 18.9. The molecule has 2 aromatic rings. The molecule has 6 heteroatoms. The van der Waals surface area contributed by atoms with E-state index in [4.69, 9.17) is 15.6 Å². The van der Waals surface area contributed by atoms with Gasteiger partial charge in [0.05, 0.1) is 23.5 Å². The number of nitrogens with two attached hydrogens (primary N) is 1. The van der Waals surface area contributed by atoms with Crippen molar-refractivity contribution in [3.8, 4) is 5.75 Å². The van der Waals surface area contributed by atoms with Crippen LogP contribution in [0.25, 0.3) is 0 Å². The maximum atomic E-state index is 13.7. The molecular formula is C15H15FN2O3. The van der Waals surface area contributed by atoms with Crippen LogP contribution in [-0.2, 0) is 0 Å². The van der Waals surface area contributed by atoms with Gasteiger partial charge in [0, 0.05) is 11.8 Å². The number of halogens is 1. The first-order valence-corrected chi connectivity index (χ1v) is 6.33. The zero-order chi connectivity index (χ0) is 15.4. The highest BCUT2D eigenvalue weighted by Crippen LogP contribution is 2.27. The highest BCUT2D eigenvalue weighted by molar-refractivity contribution is 5.90. The Labute approximate surface area is 121 Å². The van der Waals surface area contributed by atoms with Crippen molar-refractivity contribution in [1.82, 2.24) is 0 Å². The summed E-state index contributed by atoms with van der Waals surface area (Å²) in [4.78, 5) is 10.8. The van der Waals surface area contributed by atoms with Gasteiger partial charge in [0.1, 0.15) is 0 Å². The van der Waals surface area contributed by atoms with Gasteiger partial charge < -0.3 is 20.9 Å². The molecule has 0 saturated heterocycles. The molecule has 0 aliphatic heterocycles. The average molecular weight is 290 g/mol. The lowest BCUT2D eigenvalue weighted by Gasteiger charge is -2.11. The van der Waals surface area contributed by atoms with Crippen LogP contribution >= 0.6 is 0 Å². The topological polar surface area (TPSA) is 84.6 Å². The van der Waals surface area contributed by atoms with Crippen LogP contribution < -0.4 is 15.8 Å². The van der Waals surface area contributed by atoms with Crippen LogP contribution in [0.5, 0.6) is 5.75 Å². The number of carboxylic acids is 1. The molecule has 110 valence electrons. The number of nitrogens with one attached hydrogen (secondary N) is 1. The number of ether oxygens (including phenoxy) is 1. The van der Waals surface area contributed by atoms with E-state index < -0.39 is 11.8 Å². The Morgan fingerprint density at radius 3 is 2.67 bits per heavy atom. The smallest absolute Gasteiger partial charge is 0.335 e. The molecule has 0 aromatic heterocycles. The van der Waals surface area contributed by atoms with E-state index in [-0.39, 0.29) is 17.0 Å². The van der Waals surface area contributed by atoms with Gasteiger partial charge in [-0.3, -0.25) is 0 Å². The van der Waals surface area contributed by atoms with Gasteiger partial charge in [0.25, 0.3) is 0 Å². The maximum absolute atomic E-state index is 13.7. The number of benzene rings is 2. The number of anilines is 3. The Morgan fingerprint density at radius 1 is 1.33 bits per heavy atom. The second-order valence-electron chi connectivity index (χ2n) is 4.31. The van der Waals surface area contributed by atoms with E-state index in [0.717, 1.165) is 0 Å². The lowest BCUT2D eigenvalue weighted by atomic mass is 10.1. The van der Waals surface area contributed by atoms with Crippen LogP contribution in [0.2, 0.25) is 0 Å². The van der Waals surface area contributed by atoms with E-state index in [1.54, 1.807) is 13.0 Å². The Hall–Kier alpha value is -2.76. The molecule has 0 aliphatic carbocycles. The molecule has 4 N–H and O–H groups in total. The number of aromatic carboxylic acids is 1. The summed E-state index contributed by atoms with van der Waals surface area (Å²) in [5.41, 5.74) is 7.13. The summed E-state index contributed by atoms with van der Waals surface area (Å²) in [7, 11) is 0. The van der Waals surface area contributed by atoms with Crippen LogP contribution in [0.3, 0.4) is 0 Å². The average Bonchev–Trinajstić information content (AvgIpc) is 2.44. The third-order valence-corrected chi connectivity index (χ3v) is 2.81. The van der Waals surface area contributed by atoms with Gasteiger partial charge in [-0.05, 0) is 37.3 Å². The zero-order valence-corrected chi connectivity index (χ0v) is 11.4. The molecule has 0 amide bonds. The number of nitrogen functional groups attached to an aromatic ring is 1. The van der Waals surface area contributed by atoms with E-state index in [9.17, 15) is 9.18 Å². The van der Waals surface area contributed by atoms with Gasteiger partial charge in [0.2, 0.25) is 0 Å². The maximum Gasteiger partial charge on any atom is 0.335 e. The van der Waals surface area contributed by atoms with Gasteiger partial charge in [-0.25, -0.2) is 9.18 Å². The van der Waals surface area contributed by atoms with Crippen molar-refractivity contribution >= 4 is 23.0 Å². The molecule has 0 bridgehead atoms. The summed E-state index contributed by atoms with van der Waals surface area (Å²) in [5.74, 6) is -1.36. The fourth-order valence-corrected chi connectivity index (χ4v) is 1.82. The van der Waals surface area contributed by atoms with Crippen molar-refractivity contribution in [3.63, 3.8) is 0 Å². The Morgan fingerprint density at radius 2 is 2.10 bits per heavy atom. The molecule has 0 unspecified atom stereocenters. The molecule has 5 nitrogen and oxygen atoms in total. The predicted octanol–water partition coefficient (Wildman–Crippen LogP) is 3.25. The number of carbonyl (C=O) groups is 1. The van der Waals surface area contributed by atoms with E-state index >= 15 is 0 Å². The molecule has 0 radical (unpaired) electrons. The SMILES string of the molecule is CCOc1ccc(Nc2ccc(C(=O)O)cc2N)cc1F. The van der Waals surface area contributed by atoms with Crippen molar-refractivity contribution in [3.05, 3.63) is 47.8 Å². The van der Waals surface area contributed by atoms with Gasteiger partial charge in [0.15, 0.2) is 11.6 Å². The van der Waals surface area contributed by atoms with Gasteiger partial charge in [-0.1, -0.05) is 0 Å². The molecule has 0 fully saturated rings. The van der Waals surface area contributed by atoms with Crippen molar-refractivity contribution in [1.29, 1.82) is 0 Å². The van der Waals surface area contributed by atoms with E-state index in [2.05, 4.69) is 5.32 Å². The van der Waals surface area contributed by atoms with Crippen LogP contribution in [0.1, 0.15) is 17.3 Å². The number of carboxylic acid groups (broad SMARTS) is 1. The zero-order valence-electron chi connectivity index (χ0n) is 11.4. The molecule has 0 atom stereocenters. The first kappa shape index (κ1) is 14.6. The fraction of sp³-hybridized carbons (Fsp3) is 0.133. The quantitative estimate of drug-likeness (QED) is 0.736. The lowest BCUT2D eigenvalue weighted by Crippen LogP contribution is -2.02. The second-order valence-corrected chi connectivity index (χ2v) is 4.31. The van der Waals surface area contributed by atoms with Crippen molar-refractivity contribution in [2.75, 3.05) is 17.7 Å². The molecule has 0 saturated carbocycles. The van der Waals surface area contributed by atoms with Crippen LogP contribution in [-0.4, -0.2) is 17.7 Å². The summed E-state index contributed by atoms with van der Waals surface area (Å²) in [6.07, 6.45) is 0. The first-order chi connectivity index (χ1) is 10.0. The highest BCUT2D eigenvalue weighted by Gasteiger charge is 2.08. The molecule has 21 heavy (non-hydrogen) atoms. The largest absolute Gasteiger partial charge is 0.491 e. The van der Waals surface area contributed by atoms with Crippen molar-refractivity contribution in [2.24, 2.45) is 0 Å². The monoisotopic (exact) mass is 290 g/mol. The third kappa shape index (κ3) is 3.42. The van der Waals surface area contributed by atoms with E-state index in [1.165, 1.54) is 30.3 Å². The van der Waals surface area contributed by atoms with Gasteiger partial charge in [-0.2, -0.15) is 0 Å². The summed E-state index contributed by atoms with van der Waals surface area (Å²) in [6.45, 7) is 2.16. The minimum Gasteiger partial charge on any atom is -0.491 e. The van der Waals surface area contributed by atoms with Crippen LogP contribution in [0.4, 0.5) is 21.5 Å². The standard InChI is InChI=1S/C15H15FN2O3/c1-2-21-14-6-4-10(8-11(14)16)18-13-5-3-9(15(19)20)7-12(13)17/h3-8,18H,2,17H2,1H3,(H,19,20). The third-order valence-electron chi connectivity index (χ3n) is 2.81. The lowest BCUT2D eigenvalue weighted by molar-refractivity contribution is 0.0697. The van der Waals surface area contributed by atoms with Crippen molar-refractivity contribution < 1.29 is 19.0 Å². The van der Waals surface area contributed by atoms with Gasteiger partial charge in [-0.15, -0.1) is 0 Å². The molecular weight excluding hydrogens is 275 g/mol. The number of hydrogen-bond donors (Lipinski definition) is 3. The number of rotatable bonds is 5. The Kier molecular flexibility index (Phi) is 4.27. The summed E-state index contributed by atoms with van der Waals surface area (Å²) in [5, 5.41) is 11.8. The van der Waals surface area contributed by atoms with E-state index in [1.807, 2.05) is 0 Å². The van der Waals surface area contributed by atoms with Crippen LogP contribution in [0, 0.1) is 5.82 Å². The number of hydrogen-bond acceptors (Lipinski definition) is 4. The Bertz CT molecular complexity index is 674. The molecule has 2 aromatic carbocycles. The molecule has 0 heterocycles. The van der Waals surface area contributed by atoms with Gasteiger partial charge >= 0.3 is 5.97 Å². The second kappa shape index (κ2) is 6.13. The molecule has 0 spiro atoms. The van der Waals surface area contributed by atoms with Crippen LogP contribution in [0.15, 0.2) is 36.4 Å². The minimum atomic E-state index is -1.06.